The van der Waals surface area contributed by atoms with Crippen LogP contribution in [0.3, 0.4) is 0 Å². The molecule has 78 valence electrons. The molecule has 0 spiro atoms. The molecule has 8 heteroatoms. The van der Waals surface area contributed by atoms with Gasteiger partial charge in [-0.25, -0.2) is 4.79 Å². The zero-order chi connectivity index (χ0) is 11.0. The molecule has 0 atom stereocenters. The summed E-state index contributed by atoms with van der Waals surface area (Å²) in [5, 5.41) is 8.00. The summed E-state index contributed by atoms with van der Waals surface area (Å²) >= 11 is 28.2. The average molecular weight is 318 g/mol. The number of carboxylic acid groups (broad SMARTS) is 1. The van der Waals surface area contributed by atoms with Gasteiger partial charge in [0.2, 0.25) is 0 Å². The monoisotopic (exact) mass is 316 g/mol. The second kappa shape index (κ2) is 6.18. The van der Waals surface area contributed by atoms with Crippen LogP contribution >= 0.6 is 58.0 Å². The molecule has 0 aromatic heterocycles. The van der Waals surface area contributed by atoms with Crippen LogP contribution in [0.1, 0.15) is 10.4 Å². The molecule has 0 fully saturated rings. The summed E-state index contributed by atoms with van der Waals surface area (Å²) in [5.41, 5.74) is -0.354. The first-order valence-corrected chi connectivity index (χ1v) is 5.01. The summed E-state index contributed by atoms with van der Waals surface area (Å²) in [5.74, 6) is -1.32. The Morgan fingerprint density at radius 2 is 1.07 bits per heavy atom. The van der Waals surface area contributed by atoms with E-state index in [2.05, 4.69) is 0 Å². The van der Waals surface area contributed by atoms with Gasteiger partial charge in [0.05, 0.1) is 30.7 Å². The topological polar surface area (TPSA) is 37.3 Å². The van der Waals surface area contributed by atoms with Crippen molar-refractivity contribution in [1.82, 2.24) is 0 Å². The minimum atomic E-state index is -1.32. The van der Waals surface area contributed by atoms with Crippen LogP contribution in [0, 0.1) is 0 Å². The standard InChI is InChI=1S/C7HCl5O2.Na.H/c8-2-1(7(13)14)3(9)5(11)6(12)4(2)10;;/h(H,13,14);;. The third kappa shape index (κ3) is 3.08. The van der Waals surface area contributed by atoms with Crippen LogP contribution < -0.4 is 0 Å². The molecule has 2 nitrogen and oxygen atoms in total. The van der Waals surface area contributed by atoms with E-state index in [4.69, 9.17) is 63.1 Å². The Balaban J connectivity index is 0.00000196. The van der Waals surface area contributed by atoms with Gasteiger partial charge in [0.25, 0.3) is 0 Å². The van der Waals surface area contributed by atoms with Gasteiger partial charge in [-0.05, 0) is 0 Å². The Labute approximate surface area is 133 Å². The summed E-state index contributed by atoms with van der Waals surface area (Å²) < 4.78 is 0. The number of carbonyl (C=O) groups is 1. The number of hydrogen-bond acceptors (Lipinski definition) is 1. The zero-order valence-electron chi connectivity index (χ0n) is 6.25. The molecule has 0 amide bonds. The van der Waals surface area contributed by atoms with Crippen molar-refractivity contribution >= 4 is 93.5 Å². The summed E-state index contributed by atoms with van der Waals surface area (Å²) in [4.78, 5) is 10.7. The molecule has 0 aliphatic carbocycles. The van der Waals surface area contributed by atoms with Crippen molar-refractivity contribution in [3.63, 3.8) is 0 Å². The van der Waals surface area contributed by atoms with Gasteiger partial charge in [0, 0.05) is 0 Å². The van der Waals surface area contributed by atoms with Crippen molar-refractivity contribution in [2.75, 3.05) is 0 Å². The first-order chi connectivity index (χ1) is 6.37. The molecular weight excluding hydrogens is 316 g/mol. The first kappa shape index (κ1) is 16.1. The van der Waals surface area contributed by atoms with Gasteiger partial charge in [-0.1, -0.05) is 58.0 Å². The number of carboxylic acids is 1. The maximum absolute atomic E-state index is 10.7. The second-order valence-electron chi connectivity index (χ2n) is 2.25. The van der Waals surface area contributed by atoms with Crippen LogP contribution in [0.25, 0.3) is 0 Å². The molecule has 1 rings (SSSR count). The molecule has 15 heavy (non-hydrogen) atoms. The fraction of sp³-hybridized carbons (Fsp3) is 0. The van der Waals surface area contributed by atoms with Crippen molar-refractivity contribution in [3.05, 3.63) is 30.7 Å². The molecule has 0 heterocycles. The van der Waals surface area contributed by atoms with Crippen molar-refractivity contribution in [3.8, 4) is 0 Å². The van der Waals surface area contributed by atoms with E-state index in [9.17, 15) is 4.79 Å². The van der Waals surface area contributed by atoms with E-state index in [1.807, 2.05) is 0 Å². The number of hydrogen-bond donors (Lipinski definition) is 1. The predicted octanol–water partition coefficient (Wildman–Crippen LogP) is 4.00. The van der Waals surface area contributed by atoms with Gasteiger partial charge in [0.15, 0.2) is 0 Å². The van der Waals surface area contributed by atoms with Crippen molar-refractivity contribution in [2.24, 2.45) is 0 Å². The fourth-order valence-corrected chi connectivity index (χ4v) is 2.09. The molecule has 0 radical (unpaired) electrons. The molecule has 0 saturated heterocycles. The number of rotatable bonds is 1. The quantitative estimate of drug-likeness (QED) is 0.483. The van der Waals surface area contributed by atoms with E-state index in [0.717, 1.165) is 0 Å². The predicted molar refractivity (Wildman–Crippen MR) is 65.6 cm³/mol. The molecule has 1 N–H and O–H groups in total. The van der Waals surface area contributed by atoms with Crippen molar-refractivity contribution in [2.45, 2.75) is 0 Å². The van der Waals surface area contributed by atoms with Gasteiger partial charge in [-0.15, -0.1) is 0 Å². The molecule has 0 aliphatic rings. The minimum absolute atomic E-state index is 0. The van der Waals surface area contributed by atoms with Gasteiger partial charge >= 0.3 is 35.5 Å². The van der Waals surface area contributed by atoms with Crippen LogP contribution in [0.5, 0.6) is 0 Å². The Morgan fingerprint density at radius 1 is 0.800 bits per heavy atom. The van der Waals surface area contributed by atoms with Crippen LogP contribution in [-0.4, -0.2) is 40.6 Å². The summed E-state index contributed by atoms with van der Waals surface area (Å²) in [6.45, 7) is 0. The molecule has 0 unspecified atom stereocenters. The number of aromatic carboxylic acids is 1. The van der Waals surface area contributed by atoms with Crippen LogP contribution in [0.2, 0.25) is 25.1 Å². The SMILES string of the molecule is O=C(O)c1c(Cl)c(Cl)c(Cl)c(Cl)c1Cl.[NaH]. The first-order valence-electron chi connectivity index (χ1n) is 3.12. The van der Waals surface area contributed by atoms with Crippen LogP contribution in [0.4, 0.5) is 0 Å². The zero-order valence-corrected chi connectivity index (χ0v) is 10.0. The van der Waals surface area contributed by atoms with Crippen molar-refractivity contribution in [1.29, 1.82) is 0 Å². The van der Waals surface area contributed by atoms with E-state index in [1.54, 1.807) is 0 Å². The summed E-state index contributed by atoms with van der Waals surface area (Å²) in [6.07, 6.45) is 0. The molecule has 0 bridgehead atoms. The van der Waals surface area contributed by atoms with Crippen molar-refractivity contribution < 1.29 is 9.90 Å². The van der Waals surface area contributed by atoms with E-state index in [-0.39, 0.29) is 60.2 Å². The molecule has 1 aromatic rings. The molecular formula is C7H2Cl5NaO2. The third-order valence-corrected chi connectivity index (χ3v) is 3.70. The second-order valence-corrected chi connectivity index (χ2v) is 4.14. The van der Waals surface area contributed by atoms with Gasteiger partial charge in [0.1, 0.15) is 0 Å². The maximum atomic E-state index is 10.7. The Kier molecular flexibility index (Phi) is 6.64. The van der Waals surface area contributed by atoms with Crippen LogP contribution in [0.15, 0.2) is 0 Å². The summed E-state index contributed by atoms with van der Waals surface area (Å²) in [7, 11) is 0. The number of benzene rings is 1. The summed E-state index contributed by atoms with van der Waals surface area (Å²) in [6, 6.07) is 0. The Morgan fingerprint density at radius 3 is 1.33 bits per heavy atom. The van der Waals surface area contributed by atoms with E-state index in [1.165, 1.54) is 0 Å². The van der Waals surface area contributed by atoms with E-state index < -0.39 is 5.97 Å². The van der Waals surface area contributed by atoms with Gasteiger partial charge in [-0.3, -0.25) is 0 Å². The average Bonchev–Trinajstić information content (AvgIpc) is 2.11. The van der Waals surface area contributed by atoms with Gasteiger partial charge < -0.3 is 5.11 Å². The number of halogens is 5. The van der Waals surface area contributed by atoms with E-state index >= 15 is 0 Å². The van der Waals surface area contributed by atoms with E-state index in [0.29, 0.717) is 0 Å². The van der Waals surface area contributed by atoms with Gasteiger partial charge in [-0.2, -0.15) is 0 Å². The Hall–Kier alpha value is 1.14. The normalized spacial score (nSPS) is 9.67. The third-order valence-electron chi connectivity index (χ3n) is 1.42. The fourth-order valence-electron chi connectivity index (χ4n) is 0.793. The van der Waals surface area contributed by atoms with Crippen LogP contribution in [-0.2, 0) is 0 Å². The molecule has 0 saturated carbocycles. The molecule has 1 aromatic carbocycles. The molecule has 0 aliphatic heterocycles. The Bertz CT molecular complexity index is 391.